The van der Waals surface area contributed by atoms with Crippen LogP contribution in [0.4, 0.5) is 0 Å². The second kappa shape index (κ2) is 4.48. The van der Waals surface area contributed by atoms with E-state index in [0.29, 0.717) is 0 Å². The molecule has 2 heteroatoms. The lowest BCUT2D eigenvalue weighted by Gasteiger charge is -2.27. The summed E-state index contributed by atoms with van der Waals surface area (Å²) in [5.41, 5.74) is 7.86. The lowest BCUT2D eigenvalue weighted by molar-refractivity contribution is -0.704. The van der Waals surface area contributed by atoms with Gasteiger partial charge in [0.1, 0.15) is 6.04 Å². The molecule has 0 bridgehead atoms. The van der Waals surface area contributed by atoms with Crippen molar-refractivity contribution in [3.8, 4) is 0 Å². The number of hydrogen-bond donors (Lipinski definition) is 1. The average molecular weight is 279 g/mol. The molecule has 0 saturated carbocycles. The van der Waals surface area contributed by atoms with E-state index in [2.05, 4.69) is 34.2 Å². The molecule has 1 aromatic carbocycles. The van der Waals surface area contributed by atoms with E-state index < -0.39 is 0 Å². The minimum absolute atomic E-state index is 0.726. The van der Waals surface area contributed by atoms with Gasteiger partial charge in [0.2, 0.25) is 0 Å². The monoisotopic (exact) mass is 279 g/mol. The third kappa shape index (κ3) is 1.69. The zero-order valence-corrected chi connectivity index (χ0v) is 12.6. The van der Waals surface area contributed by atoms with Crippen molar-refractivity contribution in [2.75, 3.05) is 6.54 Å². The third-order valence-corrected chi connectivity index (χ3v) is 5.72. The molecule has 108 valence electrons. The van der Waals surface area contributed by atoms with Crippen molar-refractivity contribution in [2.45, 2.75) is 51.1 Å². The number of allylic oxidation sites excluding steroid dienone is 2. The van der Waals surface area contributed by atoms with Gasteiger partial charge in [0.05, 0.1) is 18.8 Å². The van der Waals surface area contributed by atoms with Gasteiger partial charge in [0.15, 0.2) is 0 Å². The Bertz CT molecular complexity index is 749. The molecule has 0 saturated heterocycles. The molecule has 1 atom stereocenters. The number of quaternary nitrogens is 1. The van der Waals surface area contributed by atoms with Crippen LogP contribution in [-0.4, -0.2) is 11.1 Å². The summed E-state index contributed by atoms with van der Waals surface area (Å²) < 4.78 is 2.63. The van der Waals surface area contributed by atoms with Crippen molar-refractivity contribution in [2.24, 2.45) is 0 Å². The maximum Gasteiger partial charge on any atom is 0.127 e. The van der Waals surface area contributed by atoms with Gasteiger partial charge in [-0.05, 0) is 60.9 Å². The fourth-order valence-electron chi connectivity index (χ4n) is 4.77. The molecule has 21 heavy (non-hydrogen) atoms. The largest absolute Gasteiger partial charge is 0.337 e. The Kier molecular flexibility index (Phi) is 2.57. The molecule has 2 aromatic rings. The number of nitrogens with two attached hydrogens (primary N) is 1. The summed E-state index contributed by atoms with van der Waals surface area (Å²) in [5, 5.41) is 4.12. The Morgan fingerprint density at radius 3 is 3.05 bits per heavy atom. The lowest BCUT2D eigenvalue weighted by Crippen LogP contribution is -2.88. The van der Waals surface area contributed by atoms with Crippen LogP contribution in [0.5, 0.6) is 0 Å². The summed E-state index contributed by atoms with van der Waals surface area (Å²) in [6.45, 7) is 2.43. The van der Waals surface area contributed by atoms with Crippen LogP contribution in [0.3, 0.4) is 0 Å². The van der Waals surface area contributed by atoms with Crippen LogP contribution in [0, 0.1) is 0 Å². The quantitative estimate of drug-likeness (QED) is 0.828. The second-order valence-corrected chi connectivity index (χ2v) is 6.89. The van der Waals surface area contributed by atoms with Gasteiger partial charge in [-0.25, -0.2) is 0 Å². The molecule has 0 fully saturated rings. The molecule has 0 amide bonds. The number of aryl methyl sites for hydroxylation is 1. The van der Waals surface area contributed by atoms with Crippen molar-refractivity contribution in [1.82, 2.24) is 4.57 Å². The molecule has 2 aliphatic carbocycles. The van der Waals surface area contributed by atoms with Crippen molar-refractivity contribution >= 4 is 16.5 Å². The first-order valence-corrected chi connectivity index (χ1v) is 8.59. The fraction of sp³-hybridized carbons (Fsp3) is 0.474. The minimum Gasteiger partial charge on any atom is -0.337 e. The molecular weight excluding hydrogens is 256 g/mol. The first kappa shape index (κ1) is 12.0. The van der Waals surface area contributed by atoms with E-state index in [1.807, 2.05) is 0 Å². The van der Waals surface area contributed by atoms with Gasteiger partial charge in [0.25, 0.3) is 0 Å². The van der Waals surface area contributed by atoms with Crippen LogP contribution in [0.15, 0.2) is 24.3 Å². The third-order valence-electron chi connectivity index (χ3n) is 5.72. The number of benzene rings is 1. The summed E-state index contributed by atoms with van der Waals surface area (Å²) in [4.78, 5) is 0. The summed E-state index contributed by atoms with van der Waals surface area (Å²) >= 11 is 0. The minimum atomic E-state index is 0.726. The van der Waals surface area contributed by atoms with Crippen LogP contribution in [-0.2, 0) is 13.0 Å². The number of rotatable bonds is 1. The topological polar surface area (TPSA) is 21.5 Å². The molecule has 0 unspecified atom stereocenters. The molecule has 1 aromatic heterocycles. The average Bonchev–Trinajstić information content (AvgIpc) is 3.16. The Morgan fingerprint density at radius 2 is 2.14 bits per heavy atom. The Balaban J connectivity index is 1.75. The van der Waals surface area contributed by atoms with E-state index in [9.17, 15) is 0 Å². The van der Waals surface area contributed by atoms with Crippen LogP contribution in [0.1, 0.15) is 55.0 Å². The maximum atomic E-state index is 2.63. The summed E-state index contributed by atoms with van der Waals surface area (Å²) in [7, 11) is 0. The Labute approximate surface area is 125 Å². The van der Waals surface area contributed by atoms with Gasteiger partial charge in [0, 0.05) is 17.3 Å². The zero-order chi connectivity index (χ0) is 13.8. The number of fused-ring (bicyclic) bond motifs is 3. The lowest BCUT2D eigenvalue weighted by atomic mass is 9.90. The Hall–Kier alpha value is -1.54. The first-order valence-electron chi connectivity index (χ1n) is 8.59. The van der Waals surface area contributed by atoms with Gasteiger partial charge in [-0.3, -0.25) is 0 Å². The number of nitrogens with zero attached hydrogens (tertiary/aromatic N) is 1. The molecule has 3 aliphatic rings. The van der Waals surface area contributed by atoms with Gasteiger partial charge >= 0.3 is 0 Å². The molecular formula is C19H23N2+. The van der Waals surface area contributed by atoms with E-state index in [1.54, 1.807) is 22.2 Å². The van der Waals surface area contributed by atoms with E-state index in [0.717, 1.165) is 6.04 Å². The molecule has 1 aliphatic heterocycles. The van der Waals surface area contributed by atoms with E-state index in [4.69, 9.17) is 0 Å². The first-order chi connectivity index (χ1) is 10.4. The van der Waals surface area contributed by atoms with Crippen LogP contribution < -0.4 is 5.32 Å². The van der Waals surface area contributed by atoms with Crippen molar-refractivity contribution in [3.05, 3.63) is 41.1 Å². The highest BCUT2D eigenvalue weighted by atomic mass is 15.1. The summed E-state index contributed by atoms with van der Waals surface area (Å²) in [6, 6.07) is 7.98. The highest BCUT2D eigenvalue weighted by Gasteiger charge is 2.32. The standard InChI is InChI=1S/C19H22N2/c1-2-5-13(4-1)14-8-9-18-16(12-14)15-6-3-7-17-19(15)21(18)11-10-20-17/h4,8-9,12,17,20H,1-3,5-7,10-11H2/p+1/t17-/m1/s1. The maximum absolute atomic E-state index is 2.63. The van der Waals surface area contributed by atoms with Crippen LogP contribution >= 0.6 is 0 Å². The molecule has 0 spiro atoms. The smallest absolute Gasteiger partial charge is 0.127 e. The van der Waals surface area contributed by atoms with Crippen molar-refractivity contribution < 1.29 is 5.32 Å². The van der Waals surface area contributed by atoms with E-state index in [-0.39, 0.29) is 0 Å². The molecule has 2 N–H and O–H groups in total. The number of hydrogen-bond acceptors (Lipinski definition) is 0. The second-order valence-electron chi connectivity index (χ2n) is 6.89. The van der Waals surface area contributed by atoms with Gasteiger partial charge in [-0.2, -0.15) is 0 Å². The molecule has 0 radical (unpaired) electrons. The van der Waals surface area contributed by atoms with Crippen molar-refractivity contribution in [1.29, 1.82) is 0 Å². The van der Waals surface area contributed by atoms with E-state index in [1.165, 1.54) is 62.7 Å². The van der Waals surface area contributed by atoms with Crippen LogP contribution in [0.25, 0.3) is 16.5 Å². The summed E-state index contributed by atoms with van der Waals surface area (Å²) in [5.74, 6) is 0. The molecule has 2 heterocycles. The zero-order valence-electron chi connectivity index (χ0n) is 12.6. The fourth-order valence-corrected chi connectivity index (χ4v) is 4.77. The van der Waals surface area contributed by atoms with Crippen molar-refractivity contribution in [3.63, 3.8) is 0 Å². The predicted octanol–water partition coefficient (Wildman–Crippen LogP) is 3.16. The SMILES string of the molecule is C1=C(c2ccc3c(c2)c2c4n3CC[NH2+][C@@H]4CCC2)CCC1. The van der Waals surface area contributed by atoms with E-state index >= 15 is 0 Å². The van der Waals surface area contributed by atoms with Gasteiger partial charge < -0.3 is 9.88 Å². The Morgan fingerprint density at radius 1 is 1.14 bits per heavy atom. The van der Waals surface area contributed by atoms with Gasteiger partial charge in [-0.1, -0.05) is 12.1 Å². The normalized spacial score (nSPS) is 24.2. The molecule has 2 nitrogen and oxygen atoms in total. The van der Waals surface area contributed by atoms with Crippen LogP contribution in [0.2, 0.25) is 0 Å². The highest BCUT2D eigenvalue weighted by molar-refractivity contribution is 5.89. The summed E-state index contributed by atoms with van der Waals surface area (Å²) in [6.07, 6.45) is 10.3. The van der Waals surface area contributed by atoms with Gasteiger partial charge in [-0.15, -0.1) is 0 Å². The number of aromatic nitrogens is 1. The predicted molar refractivity (Wildman–Crippen MR) is 86.2 cm³/mol. The highest BCUT2D eigenvalue weighted by Crippen LogP contribution is 2.38. The molecule has 5 rings (SSSR count).